The zero-order valence-electron chi connectivity index (χ0n) is 8.79. The molecular weight excluding hydrogens is 218 g/mol. The third-order valence-electron chi connectivity index (χ3n) is 1.57. The summed E-state index contributed by atoms with van der Waals surface area (Å²) < 4.78 is 10.2. The van der Waals surface area contributed by atoms with Gasteiger partial charge in [0.2, 0.25) is 11.8 Å². The van der Waals surface area contributed by atoms with Gasteiger partial charge in [0.05, 0.1) is 12.8 Å². The van der Waals surface area contributed by atoms with Crippen LogP contribution in [0.15, 0.2) is 6.20 Å². The highest BCUT2D eigenvalue weighted by molar-refractivity contribution is 6.31. The molecule has 0 saturated heterocycles. The minimum atomic E-state index is 0.375. The Morgan fingerprint density at radius 2 is 2.27 bits per heavy atom. The number of methoxy groups -OCH3 is 1. The first kappa shape index (κ1) is 12.0. The Hall–Kier alpha value is -1.07. The van der Waals surface area contributed by atoms with Crippen LogP contribution in [-0.2, 0) is 4.74 Å². The molecule has 0 aliphatic rings. The molecule has 1 rings (SSSR count). The van der Waals surface area contributed by atoms with Crippen LogP contribution in [0.25, 0.3) is 0 Å². The zero-order valence-corrected chi connectivity index (χ0v) is 9.54. The molecule has 6 heteroatoms. The van der Waals surface area contributed by atoms with Crippen LogP contribution < -0.4 is 10.1 Å². The number of aromatic nitrogens is 2. The summed E-state index contributed by atoms with van der Waals surface area (Å²) in [5.74, 6) is 0.883. The summed E-state index contributed by atoms with van der Waals surface area (Å²) in [4.78, 5) is 8.09. The third kappa shape index (κ3) is 3.89. The number of halogens is 1. The van der Waals surface area contributed by atoms with E-state index < -0.39 is 0 Å². The standard InChI is InChI=1S/C9H14ClN3O2/c1-3-11-9-12-6-7(10)8(13-9)15-5-4-14-2/h6H,3-5H2,1-2H3,(H,11,12,13). The Morgan fingerprint density at radius 3 is 2.93 bits per heavy atom. The van der Waals surface area contributed by atoms with Crippen LogP contribution in [0.3, 0.4) is 0 Å². The number of hydrogen-bond donors (Lipinski definition) is 1. The lowest BCUT2D eigenvalue weighted by Gasteiger charge is -2.07. The fourth-order valence-electron chi connectivity index (χ4n) is 0.918. The van der Waals surface area contributed by atoms with Crippen LogP contribution >= 0.6 is 11.6 Å². The van der Waals surface area contributed by atoms with Crippen molar-refractivity contribution >= 4 is 17.5 Å². The number of nitrogens with zero attached hydrogens (tertiary/aromatic N) is 2. The predicted octanol–water partition coefficient (Wildman–Crippen LogP) is 1.59. The summed E-state index contributed by atoms with van der Waals surface area (Å²) in [5, 5.41) is 3.37. The second-order valence-corrected chi connectivity index (χ2v) is 3.13. The molecule has 0 amide bonds. The van der Waals surface area contributed by atoms with E-state index in [-0.39, 0.29) is 0 Å². The van der Waals surface area contributed by atoms with Crippen LogP contribution in [0.4, 0.5) is 5.95 Å². The van der Waals surface area contributed by atoms with E-state index in [1.54, 1.807) is 7.11 Å². The SMILES string of the molecule is CCNc1ncc(Cl)c(OCCOC)n1. The first-order valence-corrected chi connectivity index (χ1v) is 5.04. The quantitative estimate of drug-likeness (QED) is 0.754. The van der Waals surface area contributed by atoms with Crippen LogP contribution in [0.5, 0.6) is 5.88 Å². The number of hydrogen-bond acceptors (Lipinski definition) is 5. The van der Waals surface area contributed by atoms with Crippen molar-refractivity contribution in [2.45, 2.75) is 6.92 Å². The highest BCUT2D eigenvalue weighted by Gasteiger charge is 2.05. The lowest BCUT2D eigenvalue weighted by molar-refractivity contribution is 0.144. The fourth-order valence-corrected chi connectivity index (χ4v) is 1.06. The van der Waals surface area contributed by atoms with E-state index in [0.717, 1.165) is 6.54 Å². The Labute approximate surface area is 93.8 Å². The summed E-state index contributed by atoms with van der Waals surface area (Å²) in [7, 11) is 1.61. The van der Waals surface area contributed by atoms with Crippen LogP contribution in [0.1, 0.15) is 6.92 Å². The molecule has 0 bridgehead atoms. The monoisotopic (exact) mass is 231 g/mol. The van der Waals surface area contributed by atoms with Gasteiger partial charge < -0.3 is 14.8 Å². The molecule has 0 fully saturated rings. The topological polar surface area (TPSA) is 56.3 Å². The fraction of sp³-hybridized carbons (Fsp3) is 0.556. The van der Waals surface area contributed by atoms with Crippen LogP contribution in [-0.4, -0.2) is 36.8 Å². The first-order chi connectivity index (χ1) is 7.27. The molecule has 15 heavy (non-hydrogen) atoms. The van der Waals surface area contributed by atoms with Gasteiger partial charge in [-0.05, 0) is 6.92 Å². The molecule has 1 aromatic heterocycles. The molecule has 0 atom stereocenters. The number of rotatable bonds is 6. The van der Waals surface area contributed by atoms with E-state index in [0.29, 0.717) is 30.1 Å². The number of nitrogens with one attached hydrogen (secondary N) is 1. The normalized spacial score (nSPS) is 10.1. The van der Waals surface area contributed by atoms with Crippen molar-refractivity contribution in [1.82, 2.24) is 9.97 Å². The van der Waals surface area contributed by atoms with Gasteiger partial charge in [-0.3, -0.25) is 0 Å². The lowest BCUT2D eigenvalue weighted by Crippen LogP contribution is -2.08. The Morgan fingerprint density at radius 1 is 1.47 bits per heavy atom. The van der Waals surface area contributed by atoms with Gasteiger partial charge in [0, 0.05) is 13.7 Å². The predicted molar refractivity (Wildman–Crippen MR) is 58.6 cm³/mol. The molecule has 1 heterocycles. The molecule has 0 saturated carbocycles. The number of anilines is 1. The Kier molecular flexibility index (Phi) is 5.14. The molecular formula is C9H14ClN3O2. The van der Waals surface area contributed by atoms with Crippen molar-refractivity contribution < 1.29 is 9.47 Å². The van der Waals surface area contributed by atoms with E-state index in [9.17, 15) is 0 Å². The third-order valence-corrected chi connectivity index (χ3v) is 1.83. The van der Waals surface area contributed by atoms with Gasteiger partial charge in [-0.25, -0.2) is 4.98 Å². The van der Waals surface area contributed by atoms with Crippen molar-refractivity contribution in [3.05, 3.63) is 11.2 Å². The lowest BCUT2D eigenvalue weighted by atomic mass is 10.6. The summed E-state index contributed by atoms with van der Waals surface area (Å²) in [6.07, 6.45) is 1.51. The zero-order chi connectivity index (χ0) is 11.1. The molecule has 5 nitrogen and oxygen atoms in total. The number of ether oxygens (including phenoxy) is 2. The van der Waals surface area contributed by atoms with Gasteiger partial charge in [-0.1, -0.05) is 11.6 Å². The highest BCUT2D eigenvalue weighted by Crippen LogP contribution is 2.21. The van der Waals surface area contributed by atoms with Gasteiger partial charge in [0.25, 0.3) is 0 Å². The van der Waals surface area contributed by atoms with Gasteiger partial charge >= 0.3 is 0 Å². The second kappa shape index (κ2) is 6.42. The molecule has 84 valence electrons. The summed E-state index contributed by atoms with van der Waals surface area (Å²) in [6, 6.07) is 0. The smallest absolute Gasteiger partial charge is 0.237 e. The highest BCUT2D eigenvalue weighted by atomic mass is 35.5. The molecule has 0 radical (unpaired) electrons. The van der Waals surface area contributed by atoms with Gasteiger partial charge in [-0.2, -0.15) is 4.98 Å². The first-order valence-electron chi connectivity index (χ1n) is 4.66. The van der Waals surface area contributed by atoms with Gasteiger partial charge in [0.1, 0.15) is 11.6 Å². The molecule has 0 aliphatic carbocycles. The minimum absolute atomic E-state index is 0.375. The van der Waals surface area contributed by atoms with Gasteiger partial charge in [0.15, 0.2) is 0 Å². The van der Waals surface area contributed by atoms with Crippen LogP contribution in [0.2, 0.25) is 5.02 Å². The van der Waals surface area contributed by atoms with E-state index in [1.165, 1.54) is 6.20 Å². The maximum absolute atomic E-state index is 5.86. The molecule has 1 N–H and O–H groups in total. The second-order valence-electron chi connectivity index (χ2n) is 2.72. The minimum Gasteiger partial charge on any atom is -0.474 e. The Balaban J connectivity index is 2.63. The van der Waals surface area contributed by atoms with Crippen molar-refractivity contribution in [3.8, 4) is 5.88 Å². The molecule has 0 unspecified atom stereocenters. The maximum Gasteiger partial charge on any atom is 0.237 e. The largest absolute Gasteiger partial charge is 0.474 e. The van der Waals surface area contributed by atoms with E-state index >= 15 is 0 Å². The van der Waals surface area contributed by atoms with Gasteiger partial charge in [-0.15, -0.1) is 0 Å². The average Bonchev–Trinajstić information content (AvgIpc) is 2.23. The van der Waals surface area contributed by atoms with E-state index in [1.807, 2.05) is 6.92 Å². The van der Waals surface area contributed by atoms with E-state index in [4.69, 9.17) is 21.1 Å². The molecule has 1 aromatic rings. The van der Waals surface area contributed by atoms with Crippen molar-refractivity contribution in [1.29, 1.82) is 0 Å². The average molecular weight is 232 g/mol. The Bertz CT molecular complexity index is 309. The van der Waals surface area contributed by atoms with Crippen molar-refractivity contribution in [2.24, 2.45) is 0 Å². The molecule has 0 aliphatic heterocycles. The molecule has 0 aromatic carbocycles. The van der Waals surface area contributed by atoms with E-state index in [2.05, 4.69) is 15.3 Å². The summed E-state index contributed by atoms with van der Waals surface area (Å²) >= 11 is 5.86. The summed E-state index contributed by atoms with van der Waals surface area (Å²) in [6.45, 7) is 3.62. The van der Waals surface area contributed by atoms with Crippen molar-refractivity contribution in [2.75, 3.05) is 32.2 Å². The summed E-state index contributed by atoms with van der Waals surface area (Å²) in [5.41, 5.74) is 0. The van der Waals surface area contributed by atoms with Crippen molar-refractivity contribution in [3.63, 3.8) is 0 Å². The molecule has 0 spiro atoms. The van der Waals surface area contributed by atoms with Crippen LogP contribution in [0, 0.1) is 0 Å². The maximum atomic E-state index is 5.86.